The number of hydrogen-bond donors (Lipinski definition) is 1. The molecule has 7 nitrogen and oxygen atoms in total. The lowest BCUT2D eigenvalue weighted by molar-refractivity contribution is -0.121. The number of hydrogen-bond acceptors (Lipinski definition) is 5. The Hall–Kier alpha value is -2.22. The van der Waals surface area contributed by atoms with Gasteiger partial charge in [-0.25, -0.2) is 8.42 Å². The zero-order chi connectivity index (χ0) is 20.0. The van der Waals surface area contributed by atoms with Crippen LogP contribution in [0, 0.1) is 0 Å². The topological polar surface area (TPSA) is 84.9 Å². The molecule has 0 unspecified atom stereocenters. The standard InChI is InChI=1S/C20H28N2O5S/c1-28(24,25)22(17-9-10-18-19(14-17)27-15-26-18)13-5-8-20(23)21-12-11-16-6-3-2-4-7-16/h6,9-10,14H,2-5,7-8,11-13,15H2,1H3,(H,21,23). The van der Waals surface area contributed by atoms with E-state index in [1.165, 1.54) is 22.7 Å². The first-order chi connectivity index (χ1) is 13.4. The number of carbonyl (C=O) groups is 1. The van der Waals surface area contributed by atoms with Gasteiger partial charge < -0.3 is 14.8 Å². The van der Waals surface area contributed by atoms with Crippen LogP contribution in [0.2, 0.25) is 0 Å². The van der Waals surface area contributed by atoms with Gasteiger partial charge in [-0.2, -0.15) is 0 Å². The third-order valence-electron chi connectivity index (χ3n) is 4.96. The van der Waals surface area contributed by atoms with Crippen molar-refractivity contribution in [2.75, 3.05) is 30.4 Å². The molecule has 0 aromatic heterocycles. The van der Waals surface area contributed by atoms with Crippen LogP contribution in [0.5, 0.6) is 11.5 Å². The largest absolute Gasteiger partial charge is 0.454 e. The summed E-state index contributed by atoms with van der Waals surface area (Å²) < 4.78 is 36.3. The fraction of sp³-hybridized carbons (Fsp3) is 0.550. The van der Waals surface area contributed by atoms with Gasteiger partial charge in [-0.05, 0) is 50.7 Å². The maximum absolute atomic E-state index is 12.2. The molecule has 0 radical (unpaired) electrons. The summed E-state index contributed by atoms with van der Waals surface area (Å²) in [7, 11) is -3.47. The number of benzene rings is 1. The predicted molar refractivity (Wildman–Crippen MR) is 108 cm³/mol. The Morgan fingerprint density at radius 3 is 2.79 bits per heavy atom. The fourth-order valence-electron chi connectivity index (χ4n) is 3.49. The predicted octanol–water partition coefficient (Wildman–Crippen LogP) is 2.97. The molecule has 1 aliphatic carbocycles. The summed E-state index contributed by atoms with van der Waals surface area (Å²) in [5, 5.41) is 2.93. The number of fused-ring (bicyclic) bond motifs is 1. The second kappa shape index (κ2) is 9.32. The Balaban J connectivity index is 1.47. The minimum atomic E-state index is -3.47. The van der Waals surface area contributed by atoms with Crippen LogP contribution in [-0.4, -0.2) is 40.5 Å². The van der Waals surface area contributed by atoms with Crippen molar-refractivity contribution in [2.24, 2.45) is 0 Å². The lowest BCUT2D eigenvalue weighted by Crippen LogP contribution is -2.32. The Morgan fingerprint density at radius 1 is 1.21 bits per heavy atom. The second-order valence-electron chi connectivity index (χ2n) is 7.18. The van der Waals surface area contributed by atoms with Crippen molar-refractivity contribution in [1.29, 1.82) is 0 Å². The molecule has 0 fully saturated rings. The van der Waals surface area contributed by atoms with E-state index in [1.54, 1.807) is 18.2 Å². The van der Waals surface area contributed by atoms with E-state index < -0.39 is 10.0 Å². The first-order valence-corrected chi connectivity index (χ1v) is 11.6. The van der Waals surface area contributed by atoms with Crippen molar-refractivity contribution in [1.82, 2.24) is 5.32 Å². The van der Waals surface area contributed by atoms with Crippen LogP contribution in [0.25, 0.3) is 0 Å². The molecule has 3 rings (SSSR count). The highest BCUT2D eigenvalue weighted by atomic mass is 32.2. The normalized spacial score (nSPS) is 15.8. The molecular formula is C20H28N2O5S. The second-order valence-corrected chi connectivity index (χ2v) is 9.09. The minimum Gasteiger partial charge on any atom is -0.454 e. The van der Waals surface area contributed by atoms with E-state index in [1.807, 2.05) is 0 Å². The third-order valence-corrected chi connectivity index (χ3v) is 6.16. The van der Waals surface area contributed by atoms with Crippen LogP contribution in [0.1, 0.15) is 44.9 Å². The van der Waals surface area contributed by atoms with E-state index in [0.717, 1.165) is 25.5 Å². The van der Waals surface area contributed by atoms with Gasteiger partial charge in [0.05, 0.1) is 11.9 Å². The van der Waals surface area contributed by atoms with Crippen molar-refractivity contribution in [3.63, 3.8) is 0 Å². The highest BCUT2D eigenvalue weighted by Gasteiger charge is 2.21. The first kappa shape index (κ1) is 20.5. The zero-order valence-corrected chi connectivity index (χ0v) is 17.1. The van der Waals surface area contributed by atoms with Crippen LogP contribution in [0.4, 0.5) is 5.69 Å². The molecule has 1 N–H and O–H groups in total. The van der Waals surface area contributed by atoms with E-state index in [-0.39, 0.29) is 25.7 Å². The quantitative estimate of drug-likeness (QED) is 0.635. The lowest BCUT2D eigenvalue weighted by Gasteiger charge is -2.22. The van der Waals surface area contributed by atoms with Crippen LogP contribution in [0.15, 0.2) is 29.8 Å². The van der Waals surface area contributed by atoms with Gasteiger partial charge in [-0.15, -0.1) is 0 Å². The summed E-state index contributed by atoms with van der Waals surface area (Å²) in [5.41, 5.74) is 1.94. The number of nitrogens with zero attached hydrogens (tertiary/aromatic N) is 1. The van der Waals surface area contributed by atoms with Gasteiger partial charge in [-0.3, -0.25) is 9.10 Å². The van der Waals surface area contributed by atoms with Gasteiger partial charge >= 0.3 is 0 Å². The van der Waals surface area contributed by atoms with Gasteiger partial charge in [-0.1, -0.05) is 11.6 Å². The molecule has 0 atom stereocenters. The molecule has 8 heteroatoms. The SMILES string of the molecule is CS(=O)(=O)N(CCCC(=O)NCCC1=CCCCC1)c1ccc2c(c1)OCO2. The van der Waals surface area contributed by atoms with Gasteiger partial charge in [0.25, 0.3) is 0 Å². The highest BCUT2D eigenvalue weighted by molar-refractivity contribution is 7.92. The van der Waals surface area contributed by atoms with Crippen LogP contribution in [0.3, 0.4) is 0 Å². The molecule has 2 aliphatic rings. The molecular weight excluding hydrogens is 380 g/mol. The molecule has 1 amide bonds. The maximum atomic E-state index is 12.2. The van der Waals surface area contributed by atoms with E-state index in [4.69, 9.17) is 9.47 Å². The molecule has 154 valence electrons. The molecule has 1 aromatic rings. The zero-order valence-electron chi connectivity index (χ0n) is 16.3. The van der Waals surface area contributed by atoms with Crippen molar-refractivity contribution < 1.29 is 22.7 Å². The van der Waals surface area contributed by atoms with Crippen LogP contribution >= 0.6 is 0 Å². The van der Waals surface area contributed by atoms with Crippen molar-refractivity contribution >= 4 is 21.6 Å². The van der Waals surface area contributed by atoms with E-state index in [9.17, 15) is 13.2 Å². The Kier molecular flexibility index (Phi) is 6.83. The molecule has 0 saturated heterocycles. The van der Waals surface area contributed by atoms with E-state index in [2.05, 4.69) is 11.4 Å². The molecule has 1 aliphatic heterocycles. The summed E-state index contributed by atoms with van der Waals surface area (Å²) in [6.45, 7) is 1.01. The number of nitrogens with one attached hydrogen (secondary N) is 1. The first-order valence-electron chi connectivity index (χ1n) is 9.75. The minimum absolute atomic E-state index is 0.0458. The van der Waals surface area contributed by atoms with Gasteiger partial charge in [0.1, 0.15) is 0 Å². The Labute approximate surface area is 166 Å². The summed E-state index contributed by atoms with van der Waals surface area (Å²) in [4.78, 5) is 12.1. The van der Waals surface area contributed by atoms with Crippen molar-refractivity contribution in [2.45, 2.75) is 44.9 Å². The fourth-order valence-corrected chi connectivity index (χ4v) is 4.45. The van der Waals surface area contributed by atoms with Gasteiger partial charge in [0.2, 0.25) is 22.7 Å². The van der Waals surface area contributed by atoms with Crippen molar-refractivity contribution in [3.05, 3.63) is 29.8 Å². The average molecular weight is 409 g/mol. The lowest BCUT2D eigenvalue weighted by atomic mass is 9.97. The Bertz CT molecular complexity index is 835. The monoisotopic (exact) mass is 408 g/mol. The number of ether oxygens (including phenoxy) is 2. The van der Waals surface area contributed by atoms with Crippen LogP contribution in [-0.2, 0) is 14.8 Å². The molecule has 0 bridgehead atoms. The number of carbonyl (C=O) groups excluding carboxylic acids is 1. The van der Waals surface area contributed by atoms with Crippen molar-refractivity contribution in [3.8, 4) is 11.5 Å². The number of allylic oxidation sites excluding steroid dienone is 1. The van der Waals surface area contributed by atoms with E-state index >= 15 is 0 Å². The summed E-state index contributed by atoms with van der Waals surface area (Å²) >= 11 is 0. The van der Waals surface area contributed by atoms with E-state index in [0.29, 0.717) is 30.2 Å². The molecule has 1 aromatic carbocycles. The highest BCUT2D eigenvalue weighted by Crippen LogP contribution is 2.36. The average Bonchev–Trinajstić information content (AvgIpc) is 3.13. The molecule has 1 heterocycles. The Morgan fingerprint density at radius 2 is 2.04 bits per heavy atom. The van der Waals surface area contributed by atoms with Gasteiger partial charge in [0.15, 0.2) is 11.5 Å². The number of amides is 1. The van der Waals surface area contributed by atoms with Gasteiger partial charge in [0, 0.05) is 25.6 Å². The number of rotatable bonds is 9. The summed E-state index contributed by atoms with van der Waals surface area (Å²) in [5.74, 6) is 1.08. The maximum Gasteiger partial charge on any atom is 0.232 e. The molecule has 28 heavy (non-hydrogen) atoms. The summed E-state index contributed by atoms with van der Waals surface area (Å²) in [6.07, 6.45) is 9.85. The molecule has 0 spiro atoms. The molecule has 0 saturated carbocycles. The summed E-state index contributed by atoms with van der Waals surface area (Å²) in [6, 6.07) is 5.04. The number of anilines is 1. The van der Waals surface area contributed by atoms with Crippen LogP contribution < -0.4 is 19.1 Å². The smallest absolute Gasteiger partial charge is 0.232 e. The number of sulfonamides is 1. The third kappa shape index (κ3) is 5.64.